The van der Waals surface area contributed by atoms with Crippen molar-refractivity contribution in [3.63, 3.8) is 0 Å². The first-order chi connectivity index (χ1) is 11.4. The lowest BCUT2D eigenvalue weighted by molar-refractivity contribution is -0.115. The first-order valence-corrected chi connectivity index (χ1v) is 8.43. The molecule has 0 radical (unpaired) electrons. The number of amides is 2. The normalized spacial score (nSPS) is 10.7. The van der Waals surface area contributed by atoms with Crippen LogP contribution in [0.15, 0.2) is 59.5 Å². The highest BCUT2D eigenvalue weighted by molar-refractivity contribution is 7.90. The molecule has 0 saturated carbocycles. The molecule has 0 aliphatic rings. The Bertz CT molecular complexity index is 817. The third kappa shape index (κ3) is 4.82. The zero-order chi connectivity index (χ0) is 17.6. The first kappa shape index (κ1) is 17.5. The van der Waals surface area contributed by atoms with E-state index in [4.69, 9.17) is 0 Å². The van der Waals surface area contributed by atoms with E-state index in [-0.39, 0.29) is 17.2 Å². The molecule has 0 bridgehead atoms. The fraction of sp³-hybridized carbons (Fsp3) is 0.125. The van der Waals surface area contributed by atoms with Crippen molar-refractivity contribution in [1.29, 1.82) is 0 Å². The van der Waals surface area contributed by atoms with Gasteiger partial charge in [0.25, 0.3) is 10.0 Å². The summed E-state index contributed by atoms with van der Waals surface area (Å²) >= 11 is 0. The minimum Gasteiger partial charge on any atom is -0.452 e. The number of carbonyl (C=O) groups excluding carboxylic acids is 2. The van der Waals surface area contributed by atoms with Gasteiger partial charge in [0.1, 0.15) is 0 Å². The Morgan fingerprint density at radius 2 is 1.62 bits per heavy atom. The summed E-state index contributed by atoms with van der Waals surface area (Å²) in [5, 5.41) is 2.68. The summed E-state index contributed by atoms with van der Waals surface area (Å²) < 4.78 is 29.7. The molecular weight excluding hydrogens is 332 g/mol. The van der Waals surface area contributed by atoms with Crippen LogP contribution in [-0.4, -0.2) is 27.5 Å². The van der Waals surface area contributed by atoms with Crippen LogP contribution in [0.4, 0.5) is 10.5 Å². The second kappa shape index (κ2) is 7.60. The summed E-state index contributed by atoms with van der Waals surface area (Å²) in [7, 11) is -2.94. The molecule has 24 heavy (non-hydrogen) atoms. The van der Waals surface area contributed by atoms with E-state index in [0.717, 1.165) is 12.7 Å². The largest absolute Gasteiger partial charge is 0.452 e. The van der Waals surface area contributed by atoms with Crippen molar-refractivity contribution in [2.24, 2.45) is 0 Å². The quantitative estimate of drug-likeness (QED) is 0.859. The standard InChI is InChI=1S/C16H16N2O5S/c1-23-16(20)18-24(21,22)14-9-7-13(8-10-14)17-15(19)11-12-5-3-2-4-6-12/h2-10H,11H2,1H3,(H,17,19)(H,18,20). The zero-order valence-electron chi connectivity index (χ0n) is 12.9. The molecular formula is C16H16N2O5S. The van der Waals surface area contributed by atoms with Gasteiger partial charge in [0.2, 0.25) is 5.91 Å². The van der Waals surface area contributed by atoms with E-state index in [1.807, 2.05) is 30.3 Å². The highest BCUT2D eigenvalue weighted by Gasteiger charge is 2.17. The Morgan fingerprint density at radius 3 is 2.21 bits per heavy atom. The Morgan fingerprint density at radius 1 is 1.00 bits per heavy atom. The monoisotopic (exact) mass is 348 g/mol. The summed E-state index contributed by atoms with van der Waals surface area (Å²) in [4.78, 5) is 22.8. The van der Waals surface area contributed by atoms with Gasteiger partial charge >= 0.3 is 6.09 Å². The van der Waals surface area contributed by atoms with Gasteiger partial charge in [0.05, 0.1) is 18.4 Å². The summed E-state index contributed by atoms with van der Waals surface area (Å²) in [6, 6.07) is 14.7. The predicted octanol–water partition coefficient (Wildman–Crippen LogP) is 1.91. The molecule has 2 aromatic carbocycles. The lowest BCUT2D eigenvalue weighted by Gasteiger charge is -2.08. The average molecular weight is 348 g/mol. The van der Waals surface area contributed by atoms with Gasteiger partial charge in [-0.2, -0.15) is 0 Å². The van der Waals surface area contributed by atoms with Gasteiger partial charge in [0, 0.05) is 5.69 Å². The molecule has 0 aliphatic heterocycles. The maximum absolute atomic E-state index is 11.9. The summed E-state index contributed by atoms with van der Waals surface area (Å²) in [5.74, 6) is -0.218. The zero-order valence-corrected chi connectivity index (χ0v) is 13.7. The number of nitrogens with one attached hydrogen (secondary N) is 2. The number of ether oxygens (including phenoxy) is 1. The number of sulfonamides is 1. The third-order valence-corrected chi connectivity index (χ3v) is 4.39. The van der Waals surface area contributed by atoms with Crippen molar-refractivity contribution in [2.45, 2.75) is 11.3 Å². The molecule has 8 heteroatoms. The molecule has 126 valence electrons. The molecule has 0 unspecified atom stereocenters. The molecule has 0 fully saturated rings. The van der Waals surface area contributed by atoms with E-state index in [1.165, 1.54) is 24.3 Å². The lowest BCUT2D eigenvalue weighted by atomic mass is 10.1. The number of anilines is 1. The van der Waals surface area contributed by atoms with Crippen LogP contribution < -0.4 is 10.0 Å². The van der Waals surface area contributed by atoms with Crippen molar-refractivity contribution in [3.05, 3.63) is 60.2 Å². The van der Waals surface area contributed by atoms with Gasteiger partial charge in [-0.05, 0) is 29.8 Å². The summed E-state index contributed by atoms with van der Waals surface area (Å²) in [6.45, 7) is 0. The first-order valence-electron chi connectivity index (χ1n) is 6.95. The van der Waals surface area contributed by atoms with Crippen LogP contribution >= 0.6 is 0 Å². The van der Waals surface area contributed by atoms with Crippen LogP contribution in [-0.2, 0) is 26.0 Å². The smallest absolute Gasteiger partial charge is 0.420 e. The van der Waals surface area contributed by atoms with Crippen LogP contribution in [0.5, 0.6) is 0 Å². The van der Waals surface area contributed by atoms with Crippen molar-refractivity contribution in [3.8, 4) is 0 Å². The van der Waals surface area contributed by atoms with Gasteiger partial charge in [-0.15, -0.1) is 0 Å². The van der Waals surface area contributed by atoms with Gasteiger partial charge in [-0.1, -0.05) is 30.3 Å². The molecule has 7 nitrogen and oxygen atoms in total. The SMILES string of the molecule is COC(=O)NS(=O)(=O)c1ccc(NC(=O)Cc2ccccc2)cc1. The second-order valence-corrected chi connectivity index (χ2v) is 6.51. The Balaban J connectivity index is 2.01. The van der Waals surface area contributed by atoms with Crippen molar-refractivity contribution >= 4 is 27.7 Å². The van der Waals surface area contributed by atoms with Crippen LogP contribution in [0.1, 0.15) is 5.56 Å². The molecule has 2 aromatic rings. The number of hydrogen-bond acceptors (Lipinski definition) is 5. The van der Waals surface area contributed by atoms with Gasteiger partial charge < -0.3 is 10.1 Å². The molecule has 0 aromatic heterocycles. The van der Waals surface area contributed by atoms with E-state index in [2.05, 4.69) is 10.1 Å². The number of methoxy groups -OCH3 is 1. The minimum absolute atomic E-state index is 0.117. The fourth-order valence-corrected chi connectivity index (χ4v) is 2.83. The number of rotatable bonds is 5. The van der Waals surface area contributed by atoms with E-state index in [1.54, 1.807) is 4.72 Å². The van der Waals surface area contributed by atoms with Gasteiger partial charge in [0.15, 0.2) is 0 Å². The molecule has 0 spiro atoms. The molecule has 0 aliphatic carbocycles. The van der Waals surface area contributed by atoms with Crippen LogP contribution in [0.3, 0.4) is 0 Å². The number of benzene rings is 2. The highest BCUT2D eigenvalue weighted by atomic mass is 32.2. The second-order valence-electron chi connectivity index (χ2n) is 4.83. The minimum atomic E-state index is -4.00. The van der Waals surface area contributed by atoms with Crippen LogP contribution in [0.25, 0.3) is 0 Å². The average Bonchev–Trinajstić information content (AvgIpc) is 2.55. The van der Waals surface area contributed by atoms with E-state index in [0.29, 0.717) is 5.69 Å². The fourth-order valence-electron chi connectivity index (χ4n) is 1.91. The molecule has 2 amide bonds. The summed E-state index contributed by atoms with van der Waals surface area (Å²) in [6.07, 6.45) is -0.861. The van der Waals surface area contributed by atoms with Gasteiger partial charge in [-0.25, -0.2) is 17.9 Å². The molecule has 2 rings (SSSR count). The van der Waals surface area contributed by atoms with E-state index >= 15 is 0 Å². The summed E-state index contributed by atoms with van der Waals surface area (Å²) in [5.41, 5.74) is 1.32. The van der Waals surface area contributed by atoms with Crippen LogP contribution in [0.2, 0.25) is 0 Å². The van der Waals surface area contributed by atoms with E-state index < -0.39 is 16.1 Å². The van der Waals surface area contributed by atoms with Crippen molar-refractivity contribution < 1.29 is 22.7 Å². The topological polar surface area (TPSA) is 102 Å². The highest BCUT2D eigenvalue weighted by Crippen LogP contribution is 2.14. The molecule has 2 N–H and O–H groups in total. The molecule has 0 atom stereocenters. The van der Waals surface area contributed by atoms with Gasteiger partial charge in [-0.3, -0.25) is 4.79 Å². The van der Waals surface area contributed by atoms with E-state index in [9.17, 15) is 18.0 Å². The molecule has 0 saturated heterocycles. The maximum atomic E-state index is 11.9. The Labute approximate surface area is 139 Å². The van der Waals surface area contributed by atoms with Crippen LogP contribution in [0, 0.1) is 0 Å². The maximum Gasteiger partial charge on any atom is 0.420 e. The lowest BCUT2D eigenvalue weighted by Crippen LogP contribution is -2.30. The number of carbonyl (C=O) groups is 2. The predicted molar refractivity (Wildman–Crippen MR) is 87.9 cm³/mol. The number of hydrogen-bond donors (Lipinski definition) is 2. The Kier molecular flexibility index (Phi) is 5.54. The third-order valence-electron chi connectivity index (χ3n) is 3.06. The Hall–Kier alpha value is -2.87. The molecule has 0 heterocycles. The van der Waals surface area contributed by atoms with Crippen molar-refractivity contribution in [2.75, 3.05) is 12.4 Å². The van der Waals surface area contributed by atoms with Crippen molar-refractivity contribution in [1.82, 2.24) is 4.72 Å².